The number of urea groups is 1. The highest BCUT2D eigenvalue weighted by atomic mass is 16.4. The quantitative estimate of drug-likeness (QED) is 0.809. The van der Waals surface area contributed by atoms with Crippen LogP contribution in [0.3, 0.4) is 0 Å². The van der Waals surface area contributed by atoms with Gasteiger partial charge in [0.25, 0.3) is 0 Å². The monoisotopic (exact) mass is 256 g/mol. The van der Waals surface area contributed by atoms with E-state index in [-0.39, 0.29) is 6.03 Å². The van der Waals surface area contributed by atoms with E-state index >= 15 is 0 Å². The summed E-state index contributed by atoms with van der Waals surface area (Å²) in [7, 11) is 0. The van der Waals surface area contributed by atoms with Crippen LogP contribution in [0.15, 0.2) is 0 Å². The minimum atomic E-state index is -1.16. The Bertz CT molecular complexity index is 319. The Balaban J connectivity index is 2.63. The molecule has 104 valence electrons. The second-order valence-corrected chi connectivity index (χ2v) is 5.51. The Hall–Kier alpha value is -1.26. The zero-order chi connectivity index (χ0) is 13.8. The van der Waals surface area contributed by atoms with Crippen LogP contribution >= 0.6 is 0 Å². The van der Waals surface area contributed by atoms with E-state index in [2.05, 4.69) is 12.2 Å². The molecule has 2 amide bonds. The highest BCUT2D eigenvalue weighted by Crippen LogP contribution is 2.18. The van der Waals surface area contributed by atoms with Crippen LogP contribution in [0, 0.1) is 5.92 Å². The molecule has 0 aliphatic carbocycles. The lowest BCUT2D eigenvalue weighted by atomic mass is 9.96. The summed E-state index contributed by atoms with van der Waals surface area (Å²) in [4.78, 5) is 25.1. The van der Waals surface area contributed by atoms with Gasteiger partial charge in [-0.25, -0.2) is 9.59 Å². The maximum absolute atomic E-state index is 12.1. The molecule has 1 fully saturated rings. The van der Waals surface area contributed by atoms with E-state index in [0.717, 1.165) is 25.8 Å². The van der Waals surface area contributed by atoms with Crippen molar-refractivity contribution in [2.75, 3.05) is 13.1 Å². The zero-order valence-corrected chi connectivity index (χ0v) is 11.5. The van der Waals surface area contributed by atoms with Crippen molar-refractivity contribution >= 4 is 12.0 Å². The number of nitrogens with one attached hydrogen (secondary N) is 1. The standard InChI is InChI=1S/C13H24N2O3/c1-4-7-13(3,11(16)17)14-12(18)15-8-5-6-10(2)9-15/h10H,4-9H2,1-3H3,(H,14,18)(H,16,17). The largest absolute Gasteiger partial charge is 0.480 e. The van der Waals surface area contributed by atoms with Crippen molar-refractivity contribution in [1.29, 1.82) is 0 Å². The van der Waals surface area contributed by atoms with Gasteiger partial charge in [-0.2, -0.15) is 0 Å². The van der Waals surface area contributed by atoms with Crippen molar-refractivity contribution < 1.29 is 14.7 Å². The SMILES string of the molecule is CCCC(C)(NC(=O)N1CCCC(C)C1)C(=O)O. The highest BCUT2D eigenvalue weighted by Gasteiger charge is 2.35. The molecule has 2 atom stereocenters. The molecule has 5 nitrogen and oxygen atoms in total. The van der Waals surface area contributed by atoms with Gasteiger partial charge in [-0.15, -0.1) is 0 Å². The van der Waals surface area contributed by atoms with Crippen LogP contribution in [0.2, 0.25) is 0 Å². The lowest BCUT2D eigenvalue weighted by Gasteiger charge is -2.34. The Morgan fingerprint density at radius 2 is 2.17 bits per heavy atom. The molecule has 1 rings (SSSR count). The molecule has 1 heterocycles. The molecule has 5 heteroatoms. The molecule has 2 unspecified atom stereocenters. The molecular weight excluding hydrogens is 232 g/mol. The number of nitrogens with zero attached hydrogens (tertiary/aromatic N) is 1. The molecule has 0 aromatic rings. The maximum atomic E-state index is 12.1. The molecule has 2 N–H and O–H groups in total. The van der Waals surface area contributed by atoms with Gasteiger partial charge >= 0.3 is 12.0 Å². The molecule has 1 saturated heterocycles. The number of carboxylic acids is 1. The third-order valence-electron chi connectivity index (χ3n) is 3.55. The van der Waals surface area contributed by atoms with Crippen molar-refractivity contribution in [2.24, 2.45) is 5.92 Å². The minimum absolute atomic E-state index is 0.250. The lowest BCUT2D eigenvalue weighted by Crippen LogP contribution is -2.57. The summed E-state index contributed by atoms with van der Waals surface area (Å²) in [6.07, 6.45) is 3.29. The van der Waals surface area contributed by atoms with E-state index in [9.17, 15) is 14.7 Å². The molecule has 0 spiro atoms. The van der Waals surface area contributed by atoms with E-state index in [4.69, 9.17) is 0 Å². The first-order valence-corrected chi connectivity index (χ1v) is 6.69. The van der Waals surface area contributed by atoms with E-state index < -0.39 is 11.5 Å². The Kier molecular flexibility index (Phi) is 4.99. The third-order valence-corrected chi connectivity index (χ3v) is 3.55. The van der Waals surface area contributed by atoms with Crippen molar-refractivity contribution in [3.63, 3.8) is 0 Å². The van der Waals surface area contributed by atoms with Gasteiger partial charge in [0.05, 0.1) is 0 Å². The van der Waals surface area contributed by atoms with Crippen LogP contribution in [-0.2, 0) is 4.79 Å². The second kappa shape index (κ2) is 6.07. The fourth-order valence-electron chi connectivity index (χ4n) is 2.41. The maximum Gasteiger partial charge on any atom is 0.329 e. The number of rotatable bonds is 4. The number of amides is 2. The van der Waals surface area contributed by atoms with Gasteiger partial charge < -0.3 is 15.3 Å². The average molecular weight is 256 g/mol. The van der Waals surface area contributed by atoms with Crippen LogP contribution in [0.1, 0.15) is 46.5 Å². The smallest absolute Gasteiger partial charge is 0.329 e. The molecule has 0 radical (unpaired) electrons. The Labute approximate surface area is 109 Å². The van der Waals surface area contributed by atoms with Crippen LogP contribution in [0.5, 0.6) is 0 Å². The van der Waals surface area contributed by atoms with Gasteiger partial charge in [0, 0.05) is 13.1 Å². The van der Waals surface area contributed by atoms with E-state index in [1.165, 1.54) is 0 Å². The fraction of sp³-hybridized carbons (Fsp3) is 0.846. The van der Waals surface area contributed by atoms with Gasteiger partial charge in [0.1, 0.15) is 5.54 Å². The summed E-state index contributed by atoms with van der Waals surface area (Å²) in [5.41, 5.74) is -1.16. The summed E-state index contributed by atoms with van der Waals surface area (Å²) in [5.74, 6) is -0.477. The number of aliphatic carboxylic acids is 1. The van der Waals surface area contributed by atoms with Crippen molar-refractivity contribution in [1.82, 2.24) is 10.2 Å². The van der Waals surface area contributed by atoms with Crippen molar-refractivity contribution in [2.45, 2.75) is 52.0 Å². The van der Waals surface area contributed by atoms with Gasteiger partial charge in [-0.3, -0.25) is 0 Å². The summed E-state index contributed by atoms with van der Waals surface area (Å²) in [5, 5.41) is 11.9. The van der Waals surface area contributed by atoms with Gasteiger partial charge in [-0.1, -0.05) is 20.3 Å². The number of hydrogen-bond donors (Lipinski definition) is 2. The molecular formula is C13H24N2O3. The summed E-state index contributed by atoms with van der Waals surface area (Å²) >= 11 is 0. The van der Waals surface area contributed by atoms with E-state index in [1.54, 1.807) is 11.8 Å². The zero-order valence-electron chi connectivity index (χ0n) is 11.5. The minimum Gasteiger partial charge on any atom is -0.480 e. The second-order valence-electron chi connectivity index (χ2n) is 5.51. The van der Waals surface area contributed by atoms with Gasteiger partial charge in [0.2, 0.25) is 0 Å². The molecule has 0 aromatic heterocycles. The van der Waals surface area contributed by atoms with Crippen LogP contribution in [-0.4, -0.2) is 40.6 Å². The summed E-state index contributed by atoms with van der Waals surface area (Å²) in [6.45, 7) is 7.04. The third kappa shape index (κ3) is 3.62. The normalized spacial score (nSPS) is 23.3. The van der Waals surface area contributed by atoms with Crippen molar-refractivity contribution in [3.8, 4) is 0 Å². The predicted molar refractivity (Wildman–Crippen MR) is 69.5 cm³/mol. The lowest BCUT2D eigenvalue weighted by molar-refractivity contribution is -0.144. The van der Waals surface area contributed by atoms with Crippen molar-refractivity contribution in [3.05, 3.63) is 0 Å². The van der Waals surface area contributed by atoms with E-state index in [1.807, 2.05) is 6.92 Å². The van der Waals surface area contributed by atoms with Crippen LogP contribution in [0.25, 0.3) is 0 Å². The first kappa shape index (κ1) is 14.8. The fourth-order valence-corrected chi connectivity index (χ4v) is 2.41. The first-order chi connectivity index (χ1) is 8.39. The highest BCUT2D eigenvalue weighted by molar-refractivity contribution is 5.85. The molecule has 0 saturated carbocycles. The van der Waals surface area contributed by atoms with E-state index in [0.29, 0.717) is 18.9 Å². The first-order valence-electron chi connectivity index (χ1n) is 6.69. The predicted octanol–water partition coefficient (Wildman–Crippen LogP) is 2.07. The number of likely N-dealkylation sites (tertiary alicyclic amines) is 1. The molecule has 0 aromatic carbocycles. The summed E-state index contributed by atoms with van der Waals surface area (Å²) in [6, 6.07) is -0.250. The molecule has 1 aliphatic heterocycles. The van der Waals surface area contributed by atoms with Crippen LogP contribution < -0.4 is 5.32 Å². The number of carboxylic acid groups (broad SMARTS) is 1. The number of carbonyl (C=O) groups excluding carboxylic acids is 1. The summed E-state index contributed by atoms with van der Waals surface area (Å²) < 4.78 is 0. The Morgan fingerprint density at radius 1 is 1.50 bits per heavy atom. The van der Waals surface area contributed by atoms with Gasteiger partial charge in [0.15, 0.2) is 0 Å². The Morgan fingerprint density at radius 3 is 2.67 bits per heavy atom. The molecule has 1 aliphatic rings. The number of hydrogen-bond acceptors (Lipinski definition) is 2. The molecule has 0 bridgehead atoms. The molecule has 18 heavy (non-hydrogen) atoms. The average Bonchev–Trinajstić information content (AvgIpc) is 2.29. The van der Waals surface area contributed by atoms with Gasteiger partial charge in [-0.05, 0) is 32.1 Å². The van der Waals surface area contributed by atoms with Crippen LogP contribution in [0.4, 0.5) is 4.79 Å². The number of piperidine rings is 1. The topological polar surface area (TPSA) is 69.6 Å². The number of carbonyl (C=O) groups is 2.